The summed E-state index contributed by atoms with van der Waals surface area (Å²) in [6.07, 6.45) is 0. The molecule has 5 rings (SSSR count). The molecule has 0 unspecified atom stereocenters. The summed E-state index contributed by atoms with van der Waals surface area (Å²) < 4.78 is 0. The van der Waals surface area contributed by atoms with E-state index >= 15 is 0 Å². The zero-order chi connectivity index (χ0) is 15.1. The highest BCUT2D eigenvalue weighted by Crippen LogP contribution is 2.43. The third-order valence-corrected chi connectivity index (χ3v) is 5.27. The fourth-order valence-electron chi connectivity index (χ4n) is 4.01. The van der Waals surface area contributed by atoms with Gasteiger partial charge in [0.1, 0.15) is 0 Å². The molecule has 2 heteroatoms. The minimum atomic E-state index is 0.491. The Morgan fingerprint density at radius 1 is 0.591 bits per heavy atom. The fourth-order valence-corrected chi connectivity index (χ4v) is 4.01. The highest BCUT2D eigenvalue weighted by molar-refractivity contribution is 5.32. The van der Waals surface area contributed by atoms with Gasteiger partial charge in [0.15, 0.2) is 0 Å². The van der Waals surface area contributed by atoms with Gasteiger partial charge < -0.3 is 0 Å². The number of benzene rings is 2. The van der Waals surface area contributed by atoms with E-state index in [0.29, 0.717) is 12.1 Å². The first kappa shape index (κ1) is 14.0. The fraction of sp³-hybridized carbons (Fsp3) is 0.400. The van der Waals surface area contributed by atoms with E-state index in [9.17, 15) is 0 Å². The molecule has 2 nitrogen and oxygen atoms in total. The molecule has 3 fully saturated rings. The van der Waals surface area contributed by atoms with Crippen molar-refractivity contribution in [2.75, 3.05) is 26.2 Å². The van der Waals surface area contributed by atoms with Crippen LogP contribution >= 0.6 is 0 Å². The molecule has 2 atom stereocenters. The highest BCUT2D eigenvalue weighted by atomic mass is 15.4. The largest absolute Gasteiger partial charge is 0.292 e. The van der Waals surface area contributed by atoms with Gasteiger partial charge >= 0.3 is 0 Å². The van der Waals surface area contributed by atoms with Crippen LogP contribution < -0.4 is 0 Å². The van der Waals surface area contributed by atoms with Crippen LogP contribution in [0.2, 0.25) is 0 Å². The van der Waals surface area contributed by atoms with Gasteiger partial charge in [-0.05, 0) is 25.0 Å². The zero-order valence-electron chi connectivity index (χ0n) is 13.5. The topological polar surface area (TPSA) is 6.48 Å². The minimum absolute atomic E-state index is 0.491. The van der Waals surface area contributed by atoms with Crippen molar-refractivity contribution in [3.63, 3.8) is 0 Å². The molecule has 3 heterocycles. The standard InChI is InChI=1S/C20H24N2/c1-15-3-7-17(8-4-15)19-20(18-9-5-16(2)6-10-18)22-13-11-21(19)12-14-22/h3-10,19-20H,11-14H2,1-2H3/t19-,20-/m0/s1. The van der Waals surface area contributed by atoms with Crippen molar-refractivity contribution in [3.05, 3.63) is 70.8 Å². The summed E-state index contributed by atoms with van der Waals surface area (Å²) >= 11 is 0. The Labute approximate surface area is 133 Å². The second kappa shape index (κ2) is 5.53. The van der Waals surface area contributed by atoms with Gasteiger partial charge in [-0.15, -0.1) is 0 Å². The van der Waals surface area contributed by atoms with Crippen molar-refractivity contribution in [3.8, 4) is 0 Å². The predicted octanol–water partition coefficient (Wildman–Crippen LogP) is 3.72. The van der Waals surface area contributed by atoms with E-state index in [1.807, 2.05) is 0 Å². The Hall–Kier alpha value is -1.64. The number of aryl methyl sites for hydroxylation is 2. The van der Waals surface area contributed by atoms with Gasteiger partial charge in [0.25, 0.3) is 0 Å². The number of fused-ring (bicyclic) bond motifs is 3. The summed E-state index contributed by atoms with van der Waals surface area (Å²) in [7, 11) is 0. The number of piperazine rings is 3. The van der Waals surface area contributed by atoms with Crippen LogP contribution in [0.1, 0.15) is 34.3 Å². The molecule has 2 bridgehead atoms. The van der Waals surface area contributed by atoms with E-state index in [0.717, 1.165) is 0 Å². The monoisotopic (exact) mass is 292 g/mol. The molecule has 0 spiro atoms. The molecular weight excluding hydrogens is 268 g/mol. The molecule has 3 aliphatic rings. The average Bonchev–Trinajstić information content (AvgIpc) is 2.57. The lowest BCUT2D eigenvalue weighted by Gasteiger charge is -2.53. The third kappa shape index (κ3) is 2.37. The van der Waals surface area contributed by atoms with E-state index in [1.54, 1.807) is 0 Å². The van der Waals surface area contributed by atoms with Crippen molar-refractivity contribution in [1.29, 1.82) is 0 Å². The highest BCUT2D eigenvalue weighted by Gasteiger charge is 2.41. The first-order valence-electron chi connectivity index (χ1n) is 8.33. The molecule has 0 N–H and O–H groups in total. The van der Waals surface area contributed by atoms with Crippen molar-refractivity contribution in [2.45, 2.75) is 25.9 Å². The Morgan fingerprint density at radius 2 is 0.909 bits per heavy atom. The normalized spacial score (nSPS) is 30.5. The maximum Gasteiger partial charge on any atom is 0.0546 e. The first-order chi connectivity index (χ1) is 10.7. The Balaban J connectivity index is 1.75. The second-order valence-electron chi connectivity index (χ2n) is 6.78. The van der Waals surface area contributed by atoms with Gasteiger partial charge in [0.2, 0.25) is 0 Å². The molecule has 0 aromatic heterocycles. The molecule has 0 aliphatic carbocycles. The van der Waals surface area contributed by atoms with Gasteiger partial charge in [-0.2, -0.15) is 0 Å². The molecule has 0 amide bonds. The maximum absolute atomic E-state index is 2.68. The SMILES string of the molecule is Cc1ccc([C@H]2[C@H](c3ccc(C)cc3)N3CCN2CC3)cc1. The number of hydrogen-bond donors (Lipinski definition) is 0. The molecule has 0 saturated carbocycles. The van der Waals surface area contributed by atoms with Crippen LogP contribution in [0.15, 0.2) is 48.5 Å². The van der Waals surface area contributed by atoms with Gasteiger partial charge in [0, 0.05) is 26.2 Å². The summed E-state index contributed by atoms with van der Waals surface area (Å²) in [4.78, 5) is 5.35. The average molecular weight is 292 g/mol. The summed E-state index contributed by atoms with van der Waals surface area (Å²) in [5.41, 5.74) is 5.60. The van der Waals surface area contributed by atoms with E-state index in [2.05, 4.69) is 72.2 Å². The summed E-state index contributed by atoms with van der Waals surface area (Å²) in [5, 5.41) is 0. The Morgan fingerprint density at radius 3 is 1.23 bits per heavy atom. The van der Waals surface area contributed by atoms with Crippen molar-refractivity contribution >= 4 is 0 Å². The second-order valence-corrected chi connectivity index (χ2v) is 6.78. The molecular formula is C20H24N2. The summed E-state index contributed by atoms with van der Waals surface area (Å²) in [6.45, 7) is 9.11. The Bertz CT molecular complexity index is 577. The number of nitrogens with zero attached hydrogens (tertiary/aromatic N) is 2. The molecule has 22 heavy (non-hydrogen) atoms. The van der Waals surface area contributed by atoms with Gasteiger partial charge in [-0.25, -0.2) is 0 Å². The molecule has 0 radical (unpaired) electrons. The molecule has 3 saturated heterocycles. The predicted molar refractivity (Wildman–Crippen MR) is 91.0 cm³/mol. The van der Waals surface area contributed by atoms with E-state index < -0.39 is 0 Å². The van der Waals surface area contributed by atoms with Gasteiger partial charge in [-0.3, -0.25) is 9.80 Å². The van der Waals surface area contributed by atoms with Crippen LogP contribution in [-0.2, 0) is 0 Å². The third-order valence-electron chi connectivity index (χ3n) is 5.27. The maximum atomic E-state index is 2.68. The van der Waals surface area contributed by atoms with Gasteiger partial charge in [0.05, 0.1) is 12.1 Å². The quantitative estimate of drug-likeness (QED) is 0.832. The molecule has 114 valence electrons. The zero-order valence-corrected chi connectivity index (χ0v) is 13.5. The van der Waals surface area contributed by atoms with Gasteiger partial charge in [-0.1, -0.05) is 59.7 Å². The van der Waals surface area contributed by atoms with Crippen LogP contribution in [0, 0.1) is 13.8 Å². The van der Waals surface area contributed by atoms with Crippen LogP contribution in [-0.4, -0.2) is 36.0 Å². The van der Waals surface area contributed by atoms with Crippen LogP contribution in [0.25, 0.3) is 0 Å². The van der Waals surface area contributed by atoms with Crippen LogP contribution in [0.4, 0.5) is 0 Å². The lowest BCUT2D eigenvalue weighted by molar-refractivity contribution is -0.0405. The molecule has 3 aliphatic heterocycles. The smallest absolute Gasteiger partial charge is 0.0546 e. The number of hydrogen-bond acceptors (Lipinski definition) is 2. The summed E-state index contributed by atoms with van der Waals surface area (Å²) in [5.74, 6) is 0. The molecule has 2 aromatic carbocycles. The van der Waals surface area contributed by atoms with Crippen molar-refractivity contribution in [1.82, 2.24) is 9.80 Å². The number of rotatable bonds is 2. The Kier molecular flexibility index (Phi) is 3.51. The van der Waals surface area contributed by atoms with Crippen molar-refractivity contribution in [2.24, 2.45) is 0 Å². The van der Waals surface area contributed by atoms with Crippen LogP contribution in [0.5, 0.6) is 0 Å². The van der Waals surface area contributed by atoms with Crippen molar-refractivity contribution < 1.29 is 0 Å². The summed E-state index contributed by atoms with van der Waals surface area (Å²) in [6, 6.07) is 19.3. The lowest BCUT2D eigenvalue weighted by Crippen LogP contribution is -2.58. The minimum Gasteiger partial charge on any atom is -0.292 e. The van der Waals surface area contributed by atoms with E-state index in [1.165, 1.54) is 48.4 Å². The lowest BCUT2D eigenvalue weighted by atomic mass is 9.86. The van der Waals surface area contributed by atoms with E-state index in [-0.39, 0.29) is 0 Å². The first-order valence-corrected chi connectivity index (χ1v) is 8.33. The van der Waals surface area contributed by atoms with E-state index in [4.69, 9.17) is 0 Å². The van der Waals surface area contributed by atoms with Crippen LogP contribution in [0.3, 0.4) is 0 Å². The molecule has 2 aromatic rings.